The van der Waals surface area contributed by atoms with Gasteiger partial charge in [0.25, 0.3) is 20.0 Å². The minimum atomic E-state index is -3.96. The highest BCUT2D eigenvalue weighted by Crippen LogP contribution is 2.32. The van der Waals surface area contributed by atoms with Crippen molar-refractivity contribution in [2.45, 2.75) is 19.6 Å². The highest BCUT2D eigenvalue weighted by molar-refractivity contribution is 7.98. The summed E-state index contributed by atoms with van der Waals surface area (Å²) >= 11 is 3.02. The van der Waals surface area contributed by atoms with E-state index in [1.807, 2.05) is 36.8 Å². The summed E-state index contributed by atoms with van der Waals surface area (Å²) in [5.41, 5.74) is 0.272. The number of hydrogen-bond donors (Lipinski definition) is 2. The predicted octanol–water partition coefficient (Wildman–Crippen LogP) is 5.89. The highest BCUT2D eigenvalue weighted by atomic mass is 32.2. The number of sulfonamides is 2. The largest absolute Gasteiger partial charge is 0.277 e. The van der Waals surface area contributed by atoms with Crippen molar-refractivity contribution in [3.05, 3.63) is 84.9 Å². The van der Waals surface area contributed by atoms with Crippen LogP contribution in [0.5, 0.6) is 0 Å². The van der Waals surface area contributed by atoms with Crippen molar-refractivity contribution in [3.8, 4) is 0 Å². The summed E-state index contributed by atoms with van der Waals surface area (Å²) in [5.74, 6) is 0. The van der Waals surface area contributed by atoms with Crippen molar-refractivity contribution in [3.63, 3.8) is 0 Å². The van der Waals surface area contributed by atoms with Gasteiger partial charge < -0.3 is 0 Å². The molecule has 0 aliphatic rings. The fourth-order valence-corrected chi connectivity index (χ4v) is 6.28. The lowest BCUT2D eigenvalue weighted by molar-refractivity contribution is 0.599. The number of nitrogens with one attached hydrogen (secondary N) is 2. The van der Waals surface area contributed by atoms with Gasteiger partial charge in [-0.3, -0.25) is 9.44 Å². The van der Waals surface area contributed by atoms with E-state index in [1.165, 1.54) is 47.8 Å². The van der Waals surface area contributed by atoms with Crippen LogP contribution in [0.1, 0.15) is 0 Å². The first-order chi connectivity index (χ1) is 16.2. The van der Waals surface area contributed by atoms with Gasteiger partial charge in [-0.2, -0.15) is 0 Å². The van der Waals surface area contributed by atoms with Crippen LogP contribution in [0, 0.1) is 0 Å². The molecule has 0 heterocycles. The second kappa shape index (κ2) is 9.91. The van der Waals surface area contributed by atoms with Crippen LogP contribution in [0.4, 0.5) is 11.4 Å². The van der Waals surface area contributed by atoms with Crippen LogP contribution in [0.2, 0.25) is 0 Å². The Morgan fingerprint density at radius 2 is 0.912 bits per heavy atom. The maximum absolute atomic E-state index is 13.1. The summed E-state index contributed by atoms with van der Waals surface area (Å²) in [6.07, 6.45) is 3.81. The van der Waals surface area contributed by atoms with Crippen LogP contribution in [0.3, 0.4) is 0 Å². The van der Waals surface area contributed by atoms with Gasteiger partial charge in [-0.1, -0.05) is 24.3 Å². The topological polar surface area (TPSA) is 92.3 Å². The van der Waals surface area contributed by atoms with Crippen LogP contribution in [-0.4, -0.2) is 29.3 Å². The van der Waals surface area contributed by atoms with Crippen molar-refractivity contribution in [2.24, 2.45) is 0 Å². The Bertz CT molecular complexity index is 1420. The maximum Gasteiger partial charge on any atom is 0.261 e. The predicted molar refractivity (Wildman–Crippen MR) is 142 cm³/mol. The molecule has 6 nitrogen and oxygen atoms in total. The van der Waals surface area contributed by atoms with E-state index in [9.17, 15) is 16.8 Å². The molecule has 2 N–H and O–H groups in total. The van der Waals surface area contributed by atoms with E-state index in [1.54, 1.807) is 36.4 Å². The van der Waals surface area contributed by atoms with E-state index >= 15 is 0 Å². The van der Waals surface area contributed by atoms with E-state index < -0.39 is 20.0 Å². The van der Waals surface area contributed by atoms with Gasteiger partial charge >= 0.3 is 0 Å². The molecule has 4 aromatic carbocycles. The third-order valence-corrected chi connectivity index (χ3v) is 9.36. The normalized spacial score (nSPS) is 11.9. The molecular weight excluding hydrogens is 509 g/mol. The van der Waals surface area contributed by atoms with E-state index in [2.05, 4.69) is 9.44 Å². The van der Waals surface area contributed by atoms with Gasteiger partial charge in [-0.25, -0.2) is 16.8 Å². The summed E-state index contributed by atoms with van der Waals surface area (Å²) in [6.45, 7) is 0. The van der Waals surface area contributed by atoms with E-state index in [0.717, 1.165) is 20.6 Å². The van der Waals surface area contributed by atoms with Crippen molar-refractivity contribution in [1.82, 2.24) is 0 Å². The first-order valence-electron chi connectivity index (χ1n) is 10.1. The molecule has 0 aromatic heterocycles. The Morgan fingerprint density at radius 1 is 0.559 bits per heavy atom. The summed E-state index contributed by atoms with van der Waals surface area (Å²) in [5, 5.41) is 1.54. The van der Waals surface area contributed by atoms with Gasteiger partial charge in [0.05, 0.1) is 21.2 Å². The van der Waals surface area contributed by atoms with E-state index in [4.69, 9.17) is 0 Å². The SMILES string of the molecule is CSc1ccc(S(=O)(=O)Nc2cc3ccccc3cc2NS(=O)(=O)c2ccc(SC)cc2)cc1. The standard InChI is InChI=1S/C24H22N2O4S4/c1-31-19-7-11-21(12-8-19)33(27,28)25-23-15-17-5-3-4-6-18(17)16-24(23)26-34(29,30)22-13-9-20(32-2)10-14-22/h3-16,25-26H,1-2H3. The molecule has 0 spiro atoms. The van der Waals surface area contributed by atoms with Gasteiger partial charge in [0, 0.05) is 9.79 Å². The molecule has 0 radical (unpaired) electrons. The molecule has 4 aromatic rings. The molecule has 0 saturated carbocycles. The Kier molecular flexibility index (Phi) is 7.13. The van der Waals surface area contributed by atoms with Crippen molar-refractivity contribution in [1.29, 1.82) is 0 Å². The van der Waals surface area contributed by atoms with Crippen molar-refractivity contribution < 1.29 is 16.8 Å². The minimum absolute atomic E-state index is 0.0833. The van der Waals surface area contributed by atoms with Crippen LogP contribution in [0.25, 0.3) is 10.8 Å². The minimum Gasteiger partial charge on any atom is -0.277 e. The molecule has 0 aliphatic carbocycles. The third-order valence-electron chi connectivity index (χ3n) is 5.11. The van der Waals surface area contributed by atoms with Crippen LogP contribution >= 0.6 is 23.5 Å². The molecule has 0 fully saturated rings. The zero-order valence-electron chi connectivity index (χ0n) is 18.3. The lowest BCUT2D eigenvalue weighted by Crippen LogP contribution is -2.17. The molecule has 34 heavy (non-hydrogen) atoms. The monoisotopic (exact) mass is 530 g/mol. The Balaban J connectivity index is 1.75. The lowest BCUT2D eigenvalue weighted by atomic mass is 10.1. The zero-order valence-corrected chi connectivity index (χ0v) is 21.6. The molecule has 176 valence electrons. The fourth-order valence-electron chi connectivity index (χ4n) is 3.33. The van der Waals surface area contributed by atoms with Crippen LogP contribution < -0.4 is 9.44 Å². The molecule has 0 atom stereocenters. The molecule has 10 heteroatoms. The Labute approximate surface area is 208 Å². The first kappa shape index (κ1) is 24.5. The number of benzene rings is 4. The number of thioether (sulfide) groups is 2. The first-order valence-corrected chi connectivity index (χ1v) is 15.5. The van der Waals surface area contributed by atoms with E-state index in [0.29, 0.717) is 0 Å². The molecule has 0 amide bonds. The number of fused-ring (bicyclic) bond motifs is 1. The lowest BCUT2D eigenvalue weighted by Gasteiger charge is -2.16. The average Bonchev–Trinajstić information content (AvgIpc) is 2.84. The summed E-state index contributed by atoms with van der Waals surface area (Å²) < 4.78 is 57.5. The quantitative estimate of drug-likeness (QED) is 0.276. The molecule has 0 unspecified atom stereocenters. The maximum atomic E-state index is 13.1. The molecule has 0 bridgehead atoms. The van der Waals surface area contributed by atoms with Crippen LogP contribution in [0.15, 0.2) is 105 Å². The summed E-state index contributed by atoms with van der Waals surface area (Å²) in [6, 6.07) is 23.6. The van der Waals surface area contributed by atoms with Gasteiger partial charge in [-0.05, 0) is 83.9 Å². The number of hydrogen-bond acceptors (Lipinski definition) is 6. The molecular formula is C24H22N2O4S4. The molecule has 0 saturated heterocycles. The van der Waals surface area contributed by atoms with Gasteiger partial charge in [-0.15, -0.1) is 23.5 Å². The number of anilines is 2. The second-order valence-electron chi connectivity index (χ2n) is 7.31. The summed E-state index contributed by atoms with van der Waals surface area (Å²) in [7, 11) is -7.91. The average molecular weight is 531 g/mol. The summed E-state index contributed by atoms with van der Waals surface area (Å²) in [4.78, 5) is 2.04. The van der Waals surface area contributed by atoms with Gasteiger partial charge in [0.2, 0.25) is 0 Å². The van der Waals surface area contributed by atoms with Crippen molar-refractivity contribution in [2.75, 3.05) is 22.0 Å². The van der Waals surface area contributed by atoms with Gasteiger partial charge in [0.1, 0.15) is 0 Å². The Morgan fingerprint density at radius 3 is 1.24 bits per heavy atom. The second-order valence-corrected chi connectivity index (χ2v) is 12.4. The molecule has 0 aliphatic heterocycles. The molecule has 4 rings (SSSR count). The van der Waals surface area contributed by atoms with Gasteiger partial charge in [0.15, 0.2) is 0 Å². The highest BCUT2D eigenvalue weighted by Gasteiger charge is 2.21. The fraction of sp³-hybridized carbons (Fsp3) is 0.0833. The third kappa shape index (κ3) is 5.35. The van der Waals surface area contributed by atoms with Crippen molar-refractivity contribution >= 4 is 65.7 Å². The van der Waals surface area contributed by atoms with Crippen LogP contribution in [-0.2, 0) is 20.0 Å². The Hall–Kier alpha value is -2.66. The smallest absolute Gasteiger partial charge is 0.261 e. The zero-order chi connectivity index (χ0) is 24.3. The number of rotatable bonds is 8. The van der Waals surface area contributed by atoms with E-state index in [-0.39, 0.29) is 21.2 Å².